The van der Waals surface area contributed by atoms with Crippen LogP contribution in [0.5, 0.6) is 0 Å². The maximum Gasteiger partial charge on any atom is 0.243 e. The monoisotopic (exact) mass is 255 g/mol. The summed E-state index contributed by atoms with van der Waals surface area (Å²) in [6, 6.07) is 0. The van der Waals surface area contributed by atoms with Gasteiger partial charge in [0, 0.05) is 33.9 Å². The number of ether oxygens (including phenoxy) is 1. The molecule has 4 N–H and O–H groups in total. The van der Waals surface area contributed by atoms with Crippen molar-refractivity contribution in [2.24, 2.45) is 5.84 Å². The molecule has 0 aromatic carbocycles. The summed E-state index contributed by atoms with van der Waals surface area (Å²) < 4.78 is 5.24. The summed E-state index contributed by atoms with van der Waals surface area (Å²) in [5.74, 6) is 6.69. The Hall–Kier alpha value is -1.67. The van der Waals surface area contributed by atoms with Gasteiger partial charge in [0.15, 0.2) is 0 Å². The first-order chi connectivity index (χ1) is 8.67. The van der Waals surface area contributed by atoms with Gasteiger partial charge in [-0.25, -0.2) is 5.84 Å². The Labute approximate surface area is 107 Å². The van der Waals surface area contributed by atoms with E-state index in [1.807, 2.05) is 21.0 Å². The molecule has 0 saturated carbocycles. The highest BCUT2D eigenvalue weighted by atomic mass is 16.5. The number of hydrazine groups is 1. The van der Waals surface area contributed by atoms with Gasteiger partial charge in [0.05, 0.1) is 0 Å². The van der Waals surface area contributed by atoms with E-state index >= 15 is 0 Å². The van der Waals surface area contributed by atoms with Crippen LogP contribution in [0.2, 0.25) is 0 Å². The van der Waals surface area contributed by atoms with E-state index in [9.17, 15) is 0 Å². The van der Waals surface area contributed by atoms with Crippen LogP contribution in [0.1, 0.15) is 13.3 Å². The Morgan fingerprint density at radius 1 is 1.22 bits per heavy atom. The summed E-state index contributed by atoms with van der Waals surface area (Å²) in [7, 11) is 3.71. The van der Waals surface area contributed by atoms with E-state index in [1.54, 1.807) is 4.90 Å². The highest BCUT2D eigenvalue weighted by Crippen LogP contribution is 2.10. The van der Waals surface area contributed by atoms with E-state index < -0.39 is 0 Å². The molecular formula is C10H21N7O. The zero-order chi connectivity index (χ0) is 13.4. The largest absolute Gasteiger partial charge is 0.382 e. The molecule has 8 heteroatoms. The van der Waals surface area contributed by atoms with E-state index in [1.165, 1.54) is 0 Å². The molecule has 0 spiro atoms. The van der Waals surface area contributed by atoms with Gasteiger partial charge >= 0.3 is 0 Å². The van der Waals surface area contributed by atoms with E-state index in [-0.39, 0.29) is 0 Å². The SMILES string of the molecule is CCOCCCNc1nc(NN)nc(N(C)C)n1. The number of rotatable bonds is 8. The zero-order valence-electron chi connectivity index (χ0n) is 11.1. The van der Waals surface area contributed by atoms with Gasteiger partial charge in [-0.2, -0.15) is 15.0 Å². The third kappa shape index (κ3) is 4.68. The zero-order valence-corrected chi connectivity index (χ0v) is 11.1. The molecule has 0 atom stereocenters. The molecule has 0 fully saturated rings. The first-order valence-electron chi connectivity index (χ1n) is 5.89. The highest BCUT2D eigenvalue weighted by Gasteiger charge is 2.06. The van der Waals surface area contributed by atoms with Gasteiger partial charge in [0.1, 0.15) is 0 Å². The molecular weight excluding hydrogens is 234 g/mol. The molecule has 8 nitrogen and oxygen atoms in total. The third-order valence-electron chi connectivity index (χ3n) is 2.11. The van der Waals surface area contributed by atoms with Gasteiger partial charge in [0.2, 0.25) is 17.8 Å². The lowest BCUT2D eigenvalue weighted by Gasteiger charge is -2.13. The highest BCUT2D eigenvalue weighted by molar-refractivity contribution is 5.42. The van der Waals surface area contributed by atoms with Crippen LogP contribution in [0.4, 0.5) is 17.8 Å². The number of nitrogen functional groups attached to an aromatic ring is 1. The third-order valence-corrected chi connectivity index (χ3v) is 2.11. The molecule has 0 amide bonds. The molecule has 0 aliphatic rings. The number of aromatic nitrogens is 3. The molecule has 0 saturated heterocycles. The maximum absolute atomic E-state index is 5.31. The Morgan fingerprint density at radius 3 is 2.56 bits per heavy atom. The van der Waals surface area contributed by atoms with Gasteiger partial charge in [0.25, 0.3) is 0 Å². The van der Waals surface area contributed by atoms with Crippen LogP contribution in [0.3, 0.4) is 0 Å². The first kappa shape index (κ1) is 14.4. The molecule has 1 rings (SSSR count). The van der Waals surface area contributed by atoms with Crippen molar-refractivity contribution >= 4 is 17.8 Å². The van der Waals surface area contributed by atoms with Crippen LogP contribution in [-0.4, -0.2) is 48.8 Å². The van der Waals surface area contributed by atoms with Crippen LogP contribution in [0.15, 0.2) is 0 Å². The maximum atomic E-state index is 5.31. The Kier molecular flexibility index (Phi) is 6.09. The molecule has 18 heavy (non-hydrogen) atoms. The summed E-state index contributed by atoms with van der Waals surface area (Å²) in [6.07, 6.45) is 0.891. The molecule has 1 heterocycles. The molecule has 102 valence electrons. The van der Waals surface area contributed by atoms with Gasteiger partial charge < -0.3 is 15.0 Å². The summed E-state index contributed by atoms with van der Waals surface area (Å²) >= 11 is 0. The fourth-order valence-corrected chi connectivity index (χ4v) is 1.23. The average Bonchev–Trinajstić information content (AvgIpc) is 2.38. The number of nitrogens with one attached hydrogen (secondary N) is 2. The van der Waals surface area contributed by atoms with Crippen molar-refractivity contribution in [2.75, 3.05) is 49.5 Å². The van der Waals surface area contributed by atoms with E-state index in [2.05, 4.69) is 25.7 Å². The topological polar surface area (TPSA) is 101 Å². The molecule has 0 unspecified atom stereocenters. The van der Waals surface area contributed by atoms with Crippen molar-refractivity contribution < 1.29 is 4.74 Å². The van der Waals surface area contributed by atoms with Gasteiger partial charge in [-0.05, 0) is 13.3 Å². The lowest BCUT2D eigenvalue weighted by molar-refractivity contribution is 0.147. The van der Waals surface area contributed by atoms with Crippen molar-refractivity contribution in [1.82, 2.24) is 15.0 Å². The minimum Gasteiger partial charge on any atom is -0.382 e. The molecule has 0 bridgehead atoms. The number of nitrogens with two attached hydrogens (primary N) is 1. The summed E-state index contributed by atoms with van der Waals surface area (Å²) in [6.45, 7) is 4.16. The van der Waals surface area contributed by atoms with Gasteiger partial charge in [-0.15, -0.1) is 0 Å². The fraction of sp³-hybridized carbons (Fsp3) is 0.700. The van der Waals surface area contributed by atoms with E-state index in [4.69, 9.17) is 10.6 Å². The smallest absolute Gasteiger partial charge is 0.243 e. The number of hydrogen-bond acceptors (Lipinski definition) is 8. The molecule has 0 aliphatic heterocycles. The average molecular weight is 255 g/mol. The Morgan fingerprint density at radius 2 is 1.94 bits per heavy atom. The van der Waals surface area contributed by atoms with Crippen molar-refractivity contribution in [3.05, 3.63) is 0 Å². The van der Waals surface area contributed by atoms with Crippen molar-refractivity contribution in [2.45, 2.75) is 13.3 Å². The number of anilines is 3. The lowest BCUT2D eigenvalue weighted by atomic mass is 10.4. The lowest BCUT2D eigenvalue weighted by Crippen LogP contribution is -2.19. The van der Waals surface area contributed by atoms with Gasteiger partial charge in [-0.1, -0.05) is 0 Å². The number of hydrogen-bond donors (Lipinski definition) is 3. The second kappa shape index (κ2) is 7.62. The minimum absolute atomic E-state index is 0.334. The molecule has 1 aromatic heterocycles. The Balaban J connectivity index is 2.56. The van der Waals surface area contributed by atoms with Crippen molar-refractivity contribution in [3.63, 3.8) is 0 Å². The van der Waals surface area contributed by atoms with Crippen LogP contribution in [0.25, 0.3) is 0 Å². The Bertz CT molecular complexity index is 358. The van der Waals surface area contributed by atoms with Gasteiger partial charge in [-0.3, -0.25) is 5.43 Å². The molecule has 1 aromatic rings. The van der Waals surface area contributed by atoms with Crippen LogP contribution < -0.4 is 21.5 Å². The second-order valence-electron chi connectivity index (χ2n) is 3.80. The van der Waals surface area contributed by atoms with Crippen LogP contribution in [-0.2, 0) is 4.74 Å². The standard InChI is InChI=1S/C10H21N7O/c1-4-18-7-5-6-12-8-13-9(16-11)15-10(14-8)17(2)3/h4-7,11H2,1-3H3,(H2,12,13,14,15,16). The quantitative estimate of drug-likeness (QED) is 0.340. The van der Waals surface area contributed by atoms with Crippen molar-refractivity contribution in [3.8, 4) is 0 Å². The summed E-state index contributed by atoms with van der Waals surface area (Å²) in [4.78, 5) is 14.3. The summed E-state index contributed by atoms with van der Waals surface area (Å²) in [5.41, 5.74) is 2.42. The minimum atomic E-state index is 0.334. The van der Waals surface area contributed by atoms with E-state index in [0.717, 1.165) is 26.2 Å². The fourth-order valence-electron chi connectivity index (χ4n) is 1.23. The number of nitrogens with zero attached hydrogens (tertiary/aromatic N) is 4. The first-order valence-corrected chi connectivity index (χ1v) is 5.89. The van der Waals surface area contributed by atoms with Crippen molar-refractivity contribution in [1.29, 1.82) is 0 Å². The molecule has 0 aliphatic carbocycles. The molecule has 0 radical (unpaired) electrons. The van der Waals surface area contributed by atoms with Crippen LogP contribution in [0, 0.1) is 0 Å². The second-order valence-corrected chi connectivity index (χ2v) is 3.80. The van der Waals surface area contributed by atoms with Crippen LogP contribution >= 0.6 is 0 Å². The predicted molar refractivity (Wildman–Crippen MR) is 71.6 cm³/mol. The van der Waals surface area contributed by atoms with E-state index in [0.29, 0.717) is 17.8 Å². The summed E-state index contributed by atoms with van der Waals surface area (Å²) in [5, 5.41) is 3.11. The normalized spacial score (nSPS) is 10.2. The predicted octanol–water partition coefficient (Wildman–Crippen LogP) is 0.0617.